The van der Waals surface area contributed by atoms with Crippen LogP contribution < -0.4 is 24.8 Å². The monoisotopic (exact) mass is 632 g/mol. The van der Waals surface area contributed by atoms with Crippen LogP contribution in [0.2, 0.25) is 0 Å². The summed E-state index contributed by atoms with van der Waals surface area (Å²) in [7, 11) is 0. The van der Waals surface area contributed by atoms with Gasteiger partial charge in [0.1, 0.15) is 17.2 Å². The molecular formula is C32H33F5N4O4. The van der Waals surface area contributed by atoms with Crippen molar-refractivity contribution in [3.8, 4) is 17.2 Å². The minimum atomic E-state index is -4.79. The van der Waals surface area contributed by atoms with Crippen molar-refractivity contribution >= 4 is 34.3 Å². The average molecular weight is 633 g/mol. The molecule has 0 radical (unpaired) electrons. The Kier molecular flexibility index (Phi) is 9.08. The third-order valence-electron chi connectivity index (χ3n) is 7.45. The minimum Gasteiger partial charge on any atom is -0.484 e. The summed E-state index contributed by atoms with van der Waals surface area (Å²) in [5, 5.41) is 5.84. The molecule has 8 nitrogen and oxygen atoms in total. The predicted molar refractivity (Wildman–Crippen MR) is 159 cm³/mol. The van der Waals surface area contributed by atoms with Gasteiger partial charge in [-0.3, -0.25) is 4.79 Å². The zero-order chi connectivity index (χ0) is 32.4. The van der Waals surface area contributed by atoms with Gasteiger partial charge in [0, 0.05) is 29.5 Å². The van der Waals surface area contributed by atoms with Crippen molar-refractivity contribution in [2.75, 3.05) is 17.2 Å². The number of nitrogens with zero attached hydrogens (tertiary/aromatic N) is 2. The summed E-state index contributed by atoms with van der Waals surface area (Å²) < 4.78 is 79.1. The second-order valence-electron chi connectivity index (χ2n) is 12.0. The zero-order valence-corrected chi connectivity index (χ0v) is 24.8. The second kappa shape index (κ2) is 12.8. The smallest absolute Gasteiger partial charge is 0.484 e. The van der Waals surface area contributed by atoms with E-state index in [0.717, 1.165) is 24.8 Å². The lowest BCUT2D eigenvalue weighted by Gasteiger charge is -2.40. The molecule has 1 fully saturated rings. The summed E-state index contributed by atoms with van der Waals surface area (Å²) in [5.41, 5.74) is 2.32. The van der Waals surface area contributed by atoms with Gasteiger partial charge in [0.05, 0.1) is 11.0 Å². The van der Waals surface area contributed by atoms with Crippen LogP contribution in [0.4, 0.5) is 39.3 Å². The Morgan fingerprint density at radius 1 is 1.00 bits per heavy atom. The summed E-state index contributed by atoms with van der Waals surface area (Å²) in [6.45, 7) is 3.36. The van der Waals surface area contributed by atoms with E-state index in [-0.39, 0.29) is 35.3 Å². The van der Waals surface area contributed by atoms with E-state index in [1.54, 1.807) is 12.1 Å². The molecule has 1 saturated carbocycles. The Hall–Kier alpha value is -4.55. The van der Waals surface area contributed by atoms with Gasteiger partial charge in [-0.15, -0.1) is 13.2 Å². The van der Waals surface area contributed by atoms with Crippen LogP contribution in [0, 0.1) is 11.3 Å². The number of carbonyl (C=O) groups is 1. The van der Waals surface area contributed by atoms with E-state index in [1.807, 2.05) is 6.07 Å². The lowest BCUT2D eigenvalue weighted by atomic mass is 9.70. The number of amides is 1. The lowest BCUT2D eigenvalue weighted by molar-refractivity contribution is -0.274. The summed E-state index contributed by atoms with van der Waals surface area (Å²) in [4.78, 5) is 17.3. The molecule has 0 unspecified atom stereocenters. The fraction of sp³-hybridized carbons (Fsp3) is 0.375. The van der Waals surface area contributed by atoms with Crippen LogP contribution in [0.1, 0.15) is 46.1 Å². The van der Waals surface area contributed by atoms with Gasteiger partial charge in [-0.25, -0.2) is 4.98 Å². The molecule has 240 valence electrons. The first-order chi connectivity index (χ1) is 21.2. The van der Waals surface area contributed by atoms with Gasteiger partial charge in [0.2, 0.25) is 5.95 Å². The van der Waals surface area contributed by atoms with Crippen molar-refractivity contribution in [3.05, 3.63) is 66.7 Å². The molecule has 1 aliphatic rings. The number of imidazole rings is 1. The number of alkyl halides is 5. The Morgan fingerprint density at radius 2 is 1.73 bits per heavy atom. The molecule has 3 aromatic carbocycles. The van der Waals surface area contributed by atoms with Gasteiger partial charge in [0.15, 0.2) is 6.61 Å². The van der Waals surface area contributed by atoms with Gasteiger partial charge < -0.3 is 29.4 Å². The zero-order valence-electron chi connectivity index (χ0n) is 24.8. The van der Waals surface area contributed by atoms with Crippen LogP contribution >= 0.6 is 0 Å². The molecule has 2 N–H and O–H groups in total. The molecule has 13 heteroatoms. The summed E-state index contributed by atoms with van der Waals surface area (Å²) in [6.07, 6.45) is -1.88. The molecule has 0 spiro atoms. The first-order valence-corrected chi connectivity index (χ1v) is 14.4. The maximum atomic E-state index is 12.6. The largest absolute Gasteiger partial charge is 0.573 e. The fourth-order valence-electron chi connectivity index (χ4n) is 6.08. The first-order valence-electron chi connectivity index (χ1n) is 14.4. The van der Waals surface area contributed by atoms with E-state index in [0.29, 0.717) is 28.8 Å². The fourth-order valence-corrected chi connectivity index (χ4v) is 6.08. The quantitative estimate of drug-likeness (QED) is 0.170. The second-order valence-corrected chi connectivity index (χ2v) is 12.0. The minimum absolute atomic E-state index is 0.0875. The topological polar surface area (TPSA) is 86.6 Å². The number of hydrogen-bond acceptors (Lipinski definition) is 6. The standard InChI is InChI=1S/C32H33F5N4O4/c1-19-13-22(17-31(2,3)16-19)41-27-12-11-24(43-18-28(42)38-21-5-4-6-25(14-21)44-29(33)34)15-26(27)40-30(41)39-20-7-9-23(10-8-20)45-32(35,36)37/h4-12,14-15,19,22,29H,13,16-18H2,1-3H3,(H,38,42)(H,39,40)/t19-,22-/m0/s1. The molecule has 1 aromatic heterocycles. The maximum absolute atomic E-state index is 12.6. The molecular weight excluding hydrogens is 599 g/mol. The van der Waals surface area contributed by atoms with E-state index in [1.165, 1.54) is 48.5 Å². The summed E-state index contributed by atoms with van der Waals surface area (Å²) in [5.74, 6) is 0.444. The molecule has 45 heavy (non-hydrogen) atoms. The number of halogens is 5. The molecule has 1 aliphatic carbocycles. The SMILES string of the molecule is C[C@H]1C[C@H](n2c(Nc3ccc(OC(F)(F)F)cc3)nc3cc(OCC(=O)Nc4cccc(OC(F)F)c4)ccc32)CC(C)(C)C1. The Labute approximate surface area is 256 Å². The molecule has 4 aromatic rings. The highest BCUT2D eigenvalue weighted by molar-refractivity contribution is 5.92. The molecule has 2 atom stereocenters. The Bertz CT molecular complexity index is 1640. The maximum Gasteiger partial charge on any atom is 0.573 e. The lowest BCUT2D eigenvalue weighted by Crippen LogP contribution is -2.29. The highest BCUT2D eigenvalue weighted by Gasteiger charge is 2.35. The van der Waals surface area contributed by atoms with Gasteiger partial charge in [-0.05, 0) is 79.1 Å². The van der Waals surface area contributed by atoms with Crippen molar-refractivity contribution in [2.45, 2.75) is 59.0 Å². The average Bonchev–Trinajstić information content (AvgIpc) is 3.28. The normalized spacial score (nSPS) is 18.1. The molecule has 0 bridgehead atoms. The first kappa shape index (κ1) is 31.9. The molecule has 1 heterocycles. The van der Waals surface area contributed by atoms with Crippen molar-refractivity contribution in [2.24, 2.45) is 11.3 Å². The van der Waals surface area contributed by atoms with Crippen LogP contribution in [0.25, 0.3) is 11.0 Å². The van der Waals surface area contributed by atoms with E-state index in [2.05, 4.69) is 45.4 Å². The molecule has 5 rings (SSSR count). The third-order valence-corrected chi connectivity index (χ3v) is 7.45. The Balaban J connectivity index is 1.36. The number of hydrogen-bond donors (Lipinski definition) is 2. The number of fused-ring (bicyclic) bond motifs is 1. The van der Waals surface area contributed by atoms with Crippen molar-refractivity contribution in [1.82, 2.24) is 9.55 Å². The highest BCUT2D eigenvalue weighted by atomic mass is 19.4. The summed E-state index contributed by atoms with van der Waals surface area (Å²) in [6, 6.07) is 16.5. The van der Waals surface area contributed by atoms with Crippen LogP contribution in [-0.4, -0.2) is 35.0 Å². The number of anilines is 3. The molecule has 1 amide bonds. The highest BCUT2D eigenvalue weighted by Crippen LogP contribution is 2.46. The van der Waals surface area contributed by atoms with Crippen LogP contribution in [0.15, 0.2) is 66.7 Å². The third kappa shape index (κ3) is 8.55. The number of ether oxygens (including phenoxy) is 3. The van der Waals surface area contributed by atoms with Gasteiger partial charge >= 0.3 is 13.0 Å². The van der Waals surface area contributed by atoms with Crippen LogP contribution in [-0.2, 0) is 4.79 Å². The van der Waals surface area contributed by atoms with E-state index < -0.39 is 18.9 Å². The van der Waals surface area contributed by atoms with E-state index >= 15 is 0 Å². The van der Waals surface area contributed by atoms with Gasteiger partial charge in [-0.2, -0.15) is 8.78 Å². The molecule has 0 saturated heterocycles. The summed E-state index contributed by atoms with van der Waals surface area (Å²) >= 11 is 0. The van der Waals surface area contributed by atoms with Crippen molar-refractivity contribution < 1.29 is 41.0 Å². The van der Waals surface area contributed by atoms with Gasteiger partial charge in [-0.1, -0.05) is 26.8 Å². The van der Waals surface area contributed by atoms with Crippen LogP contribution in [0.5, 0.6) is 17.2 Å². The predicted octanol–water partition coefficient (Wildman–Crippen LogP) is 8.68. The van der Waals surface area contributed by atoms with E-state index in [4.69, 9.17) is 9.72 Å². The molecule has 0 aliphatic heterocycles. The van der Waals surface area contributed by atoms with Crippen molar-refractivity contribution in [3.63, 3.8) is 0 Å². The van der Waals surface area contributed by atoms with E-state index in [9.17, 15) is 26.7 Å². The number of benzene rings is 3. The number of rotatable bonds is 10. The Morgan fingerprint density at radius 3 is 2.42 bits per heavy atom. The number of carbonyl (C=O) groups excluding carboxylic acids is 1. The van der Waals surface area contributed by atoms with Crippen molar-refractivity contribution in [1.29, 1.82) is 0 Å². The van der Waals surface area contributed by atoms with Gasteiger partial charge in [0.25, 0.3) is 5.91 Å². The van der Waals surface area contributed by atoms with Crippen LogP contribution in [0.3, 0.4) is 0 Å². The number of nitrogens with one attached hydrogen (secondary N) is 2. The number of aromatic nitrogens is 2.